The summed E-state index contributed by atoms with van der Waals surface area (Å²) in [5.74, 6) is -3.60. The Kier molecular flexibility index (Phi) is 12.8. The Bertz CT molecular complexity index is 1610. The summed E-state index contributed by atoms with van der Waals surface area (Å²) in [6.07, 6.45) is 4.43. The summed E-state index contributed by atoms with van der Waals surface area (Å²) >= 11 is 3.76. The van der Waals surface area contributed by atoms with Crippen molar-refractivity contribution in [2.45, 2.75) is 99.7 Å². The fraction of sp³-hybridized carbons (Fsp3) is 0.512. The molecule has 10 atom stereocenters. The molecule has 10 nitrogen and oxygen atoms in total. The molecular formula is C41H52BrN3O7. The van der Waals surface area contributed by atoms with Crippen LogP contribution in [-0.4, -0.2) is 98.4 Å². The van der Waals surface area contributed by atoms with Gasteiger partial charge in [0.25, 0.3) is 0 Å². The molecule has 280 valence electrons. The highest BCUT2D eigenvalue weighted by Gasteiger charge is 2.78. The van der Waals surface area contributed by atoms with Crippen molar-refractivity contribution in [2.24, 2.45) is 11.8 Å². The summed E-state index contributed by atoms with van der Waals surface area (Å²) in [5, 5.41) is 10.9. The molecule has 0 aromatic heterocycles. The molecule has 0 radical (unpaired) electrons. The van der Waals surface area contributed by atoms with Gasteiger partial charge in [0.2, 0.25) is 17.7 Å². The van der Waals surface area contributed by atoms with Crippen LogP contribution in [0.2, 0.25) is 0 Å². The standard InChI is InChI=1S/C41H52BrN3O7/c1-7-10-22-32(47)43(6)27(5)35(29-20-15-12-16-21-29)51-40(50)33-34-38(48)45(31(25-46)28-18-13-11-14-19-28)37(41(34)24-30(42)36(33)52-41)39(49)44(23-9-3)26(4)17-8-2/h7,9,11-16,18-21,26-27,30-31,33-37,46H,1,3,8,10,17,22-25H2,2,4-6H3/t26?,27-,30?,31-,33-,34+,35+,36-,37-,41+/m1/s1. The van der Waals surface area contributed by atoms with Gasteiger partial charge in [-0.15, -0.1) is 13.2 Å². The van der Waals surface area contributed by atoms with E-state index in [9.17, 15) is 19.5 Å². The Hall–Kier alpha value is -3.80. The number of halogens is 1. The fourth-order valence-corrected chi connectivity index (χ4v) is 9.40. The number of esters is 1. The average Bonchev–Trinajstić information content (AvgIpc) is 3.75. The van der Waals surface area contributed by atoms with E-state index in [-0.39, 0.29) is 35.6 Å². The van der Waals surface area contributed by atoms with Crippen molar-refractivity contribution in [3.05, 3.63) is 97.1 Å². The first-order valence-electron chi connectivity index (χ1n) is 18.3. The second kappa shape index (κ2) is 16.9. The van der Waals surface area contributed by atoms with Crippen molar-refractivity contribution >= 4 is 39.6 Å². The van der Waals surface area contributed by atoms with Crippen molar-refractivity contribution in [1.82, 2.24) is 14.7 Å². The summed E-state index contributed by atoms with van der Waals surface area (Å²) in [7, 11) is 1.69. The molecular weight excluding hydrogens is 726 g/mol. The first-order chi connectivity index (χ1) is 25.0. The molecule has 1 N–H and O–H groups in total. The smallest absolute Gasteiger partial charge is 0.313 e. The van der Waals surface area contributed by atoms with Gasteiger partial charge in [-0.2, -0.15) is 0 Å². The van der Waals surface area contributed by atoms with E-state index in [0.29, 0.717) is 24.0 Å². The van der Waals surface area contributed by atoms with Gasteiger partial charge in [-0.1, -0.05) is 102 Å². The number of carbonyl (C=O) groups is 4. The molecule has 0 aliphatic carbocycles. The fourth-order valence-electron chi connectivity index (χ4n) is 8.46. The van der Waals surface area contributed by atoms with Gasteiger partial charge in [-0.3, -0.25) is 19.2 Å². The van der Waals surface area contributed by atoms with Crippen LogP contribution in [0.25, 0.3) is 0 Å². The number of ether oxygens (including phenoxy) is 2. The minimum atomic E-state index is -1.37. The van der Waals surface area contributed by atoms with Crippen molar-refractivity contribution in [3.63, 3.8) is 0 Å². The van der Waals surface area contributed by atoms with Crippen LogP contribution in [0, 0.1) is 11.8 Å². The molecule has 2 aromatic carbocycles. The van der Waals surface area contributed by atoms with Crippen molar-refractivity contribution < 1.29 is 33.8 Å². The molecule has 3 aliphatic rings. The largest absolute Gasteiger partial charge is 0.455 e. The molecule has 0 saturated carbocycles. The number of hydrogen-bond donors (Lipinski definition) is 1. The molecule has 3 fully saturated rings. The number of alkyl halides is 1. The van der Waals surface area contributed by atoms with Crippen molar-refractivity contribution in [3.8, 4) is 0 Å². The Morgan fingerprint density at radius 2 is 1.71 bits per heavy atom. The first-order valence-corrected chi connectivity index (χ1v) is 19.2. The number of benzene rings is 2. The zero-order chi connectivity index (χ0) is 37.7. The predicted octanol–water partition coefficient (Wildman–Crippen LogP) is 5.77. The number of allylic oxidation sites excluding steroid dienone is 1. The van der Waals surface area contributed by atoms with Gasteiger partial charge in [-0.25, -0.2) is 0 Å². The third-order valence-corrected chi connectivity index (χ3v) is 12.0. The molecule has 2 bridgehead atoms. The number of likely N-dealkylation sites (tertiary alicyclic amines) is 1. The highest BCUT2D eigenvalue weighted by Crippen LogP contribution is 2.61. The van der Waals surface area contributed by atoms with Crippen LogP contribution in [0.5, 0.6) is 0 Å². The zero-order valence-electron chi connectivity index (χ0n) is 30.6. The lowest BCUT2D eigenvalue weighted by molar-refractivity contribution is -0.165. The lowest BCUT2D eigenvalue weighted by atomic mass is 9.70. The Labute approximate surface area is 315 Å². The van der Waals surface area contributed by atoms with Crippen LogP contribution in [0.1, 0.15) is 76.1 Å². The summed E-state index contributed by atoms with van der Waals surface area (Å²) in [5.41, 5.74) is -0.00597. The molecule has 3 saturated heterocycles. The van der Waals surface area contributed by atoms with E-state index in [1.54, 1.807) is 29.0 Å². The summed E-state index contributed by atoms with van der Waals surface area (Å²) in [4.78, 5) is 62.2. The molecule has 3 amide bonds. The second-order valence-electron chi connectivity index (χ2n) is 14.3. The molecule has 3 aliphatic heterocycles. The minimum absolute atomic E-state index is 0.118. The van der Waals surface area contributed by atoms with E-state index in [0.717, 1.165) is 12.8 Å². The Morgan fingerprint density at radius 1 is 1.08 bits per heavy atom. The molecule has 5 rings (SSSR count). The average molecular weight is 779 g/mol. The van der Waals surface area contributed by atoms with Gasteiger partial charge in [0.15, 0.2) is 0 Å². The second-order valence-corrected chi connectivity index (χ2v) is 15.5. The maximum atomic E-state index is 15.0. The van der Waals surface area contributed by atoms with Gasteiger partial charge in [0, 0.05) is 30.9 Å². The van der Waals surface area contributed by atoms with Crippen LogP contribution in [0.15, 0.2) is 86.0 Å². The zero-order valence-corrected chi connectivity index (χ0v) is 32.2. The van der Waals surface area contributed by atoms with Crippen LogP contribution < -0.4 is 0 Å². The summed E-state index contributed by atoms with van der Waals surface area (Å²) in [6, 6.07) is 15.7. The molecule has 2 aromatic rings. The summed E-state index contributed by atoms with van der Waals surface area (Å²) in [6.45, 7) is 13.3. The van der Waals surface area contributed by atoms with Crippen LogP contribution >= 0.6 is 15.9 Å². The molecule has 2 unspecified atom stereocenters. The maximum Gasteiger partial charge on any atom is 0.313 e. The lowest BCUT2D eigenvalue weighted by Crippen LogP contribution is -2.58. The number of aliphatic hydroxyl groups is 1. The number of aliphatic hydroxyl groups excluding tert-OH is 1. The van der Waals surface area contributed by atoms with Gasteiger partial charge in [-0.05, 0) is 44.2 Å². The third kappa shape index (κ3) is 7.24. The SMILES string of the molecule is C=CCCC(=O)N(C)[C@H](C)[C@H](OC(=O)[C@H]1[C@@H]2O[C@@]3(CC2Br)[C@@H]1C(=O)N([C@H](CO)c1ccccc1)[C@@H]3C(=O)N(CC=C)C(C)CCC)c1ccccc1. The normalized spacial score (nSPS) is 26.9. The molecule has 52 heavy (non-hydrogen) atoms. The van der Waals surface area contributed by atoms with Gasteiger partial charge in [0.1, 0.15) is 17.7 Å². The Balaban J connectivity index is 1.57. The Morgan fingerprint density at radius 3 is 2.29 bits per heavy atom. The van der Waals surface area contributed by atoms with Crippen LogP contribution in [-0.2, 0) is 28.7 Å². The summed E-state index contributed by atoms with van der Waals surface area (Å²) < 4.78 is 13.2. The minimum Gasteiger partial charge on any atom is -0.455 e. The number of rotatable bonds is 17. The van der Waals surface area contributed by atoms with E-state index in [1.807, 2.05) is 74.5 Å². The van der Waals surface area contributed by atoms with E-state index >= 15 is 4.79 Å². The number of carbonyl (C=O) groups excluding carboxylic acids is 4. The van der Waals surface area contributed by atoms with E-state index < -0.39 is 66.3 Å². The molecule has 1 spiro atoms. The van der Waals surface area contributed by atoms with E-state index in [1.165, 1.54) is 4.90 Å². The number of likely N-dealkylation sites (N-methyl/N-ethyl adjacent to an activating group) is 1. The number of amides is 3. The third-order valence-electron chi connectivity index (χ3n) is 11.1. The monoisotopic (exact) mass is 777 g/mol. The van der Waals surface area contributed by atoms with E-state index in [4.69, 9.17) is 9.47 Å². The number of fused-ring (bicyclic) bond motifs is 1. The van der Waals surface area contributed by atoms with E-state index in [2.05, 4.69) is 36.0 Å². The van der Waals surface area contributed by atoms with Crippen molar-refractivity contribution in [1.29, 1.82) is 0 Å². The van der Waals surface area contributed by atoms with Gasteiger partial charge >= 0.3 is 5.97 Å². The lowest BCUT2D eigenvalue weighted by Gasteiger charge is -2.41. The van der Waals surface area contributed by atoms with Crippen LogP contribution in [0.3, 0.4) is 0 Å². The quantitative estimate of drug-likeness (QED) is 0.123. The first kappa shape index (κ1) is 39.4. The molecule has 3 heterocycles. The maximum absolute atomic E-state index is 15.0. The highest BCUT2D eigenvalue weighted by atomic mass is 79.9. The van der Waals surface area contributed by atoms with Crippen molar-refractivity contribution in [2.75, 3.05) is 20.2 Å². The van der Waals surface area contributed by atoms with Gasteiger partial charge in [0.05, 0.1) is 36.6 Å². The predicted molar refractivity (Wildman–Crippen MR) is 202 cm³/mol. The number of nitrogens with zero attached hydrogens (tertiary/aromatic N) is 3. The number of hydrogen-bond acceptors (Lipinski definition) is 7. The highest BCUT2D eigenvalue weighted by molar-refractivity contribution is 9.09. The van der Waals surface area contributed by atoms with Gasteiger partial charge < -0.3 is 29.3 Å². The van der Waals surface area contributed by atoms with Crippen LogP contribution in [0.4, 0.5) is 0 Å². The topological polar surface area (TPSA) is 117 Å². The molecule has 11 heteroatoms.